The van der Waals surface area contributed by atoms with Crippen LogP contribution >= 0.6 is 0 Å². The topological polar surface area (TPSA) is 73.6 Å². The van der Waals surface area contributed by atoms with Crippen LogP contribution in [-0.2, 0) is 4.79 Å². The predicted molar refractivity (Wildman–Crippen MR) is 79.6 cm³/mol. The maximum absolute atomic E-state index is 11.4. The van der Waals surface area contributed by atoms with Crippen LogP contribution in [0.5, 0.6) is 11.5 Å². The zero-order valence-corrected chi connectivity index (χ0v) is 11.6. The number of amides is 1. The lowest BCUT2D eigenvalue weighted by molar-refractivity contribution is -0.118. The summed E-state index contributed by atoms with van der Waals surface area (Å²) in [6.07, 6.45) is 0. The Labute approximate surface area is 122 Å². The summed E-state index contributed by atoms with van der Waals surface area (Å²) in [5.41, 5.74) is 8.74. The summed E-state index contributed by atoms with van der Waals surface area (Å²) in [6.45, 7) is 0.0465. The number of nitrogens with two attached hydrogens (primary N) is 1. The van der Waals surface area contributed by atoms with Crippen molar-refractivity contribution in [3.05, 3.63) is 53.6 Å². The van der Waals surface area contributed by atoms with E-state index >= 15 is 0 Å². The molecule has 1 aliphatic rings. The first-order valence-corrected chi connectivity index (χ1v) is 6.64. The van der Waals surface area contributed by atoms with Crippen molar-refractivity contribution in [1.82, 2.24) is 0 Å². The molecule has 0 saturated carbocycles. The second-order valence-electron chi connectivity index (χ2n) is 4.81. The van der Waals surface area contributed by atoms with Gasteiger partial charge in [-0.1, -0.05) is 24.3 Å². The summed E-state index contributed by atoms with van der Waals surface area (Å²) < 4.78 is 10.7. The normalized spacial score (nSPS) is 14.7. The molecule has 0 spiro atoms. The van der Waals surface area contributed by atoms with Crippen molar-refractivity contribution in [2.75, 3.05) is 19.0 Å². The fraction of sp³-hybridized carbons (Fsp3) is 0.188. The fourth-order valence-electron chi connectivity index (χ4n) is 2.40. The van der Waals surface area contributed by atoms with Gasteiger partial charge in [0.1, 0.15) is 11.5 Å². The summed E-state index contributed by atoms with van der Waals surface area (Å²) in [6, 6.07) is 12.8. The van der Waals surface area contributed by atoms with Crippen LogP contribution in [-0.4, -0.2) is 19.6 Å². The minimum Gasteiger partial charge on any atom is -0.496 e. The standard InChI is InChI=1S/C16H16N2O3/c1-20-13-5-3-2-4-11(13)16(17)10-6-7-14-12(8-10)18-15(19)9-21-14/h2-8,16H,9,17H2,1H3,(H,18,19). The quantitative estimate of drug-likeness (QED) is 0.905. The maximum Gasteiger partial charge on any atom is 0.262 e. The van der Waals surface area contributed by atoms with Gasteiger partial charge < -0.3 is 20.5 Å². The average molecular weight is 284 g/mol. The zero-order valence-electron chi connectivity index (χ0n) is 11.6. The van der Waals surface area contributed by atoms with Crippen LogP contribution in [0.15, 0.2) is 42.5 Å². The Morgan fingerprint density at radius 1 is 1.29 bits per heavy atom. The van der Waals surface area contributed by atoms with Crippen LogP contribution in [0.2, 0.25) is 0 Å². The van der Waals surface area contributed by atoms with Crippen LogP contribution in [0.25, 0.3) is 0 Å². The Kier molecular flexibility index (Phi) is 3.50. The molecule has 1 amide bonds. The molecule has 5 nitrogen and oxygen atoms in total. The van der Waals surface area contributed by atoms with Crippen LogP contribution in [0.1, 0.15) is 17.2 Å². The number of fused-ring (bicyclic) bond motifs is 1. The number of hydrogen-bond donors (Lipinski definition) is 2. The second kappa shape index (κ2) is 5.46. The lowest BCUT2D eigenvalue weighted by Gasteiger charge is -2.21. The molecule has 5 heteroatoms. The molecular weight excluding hydrogens is 268 g/mol. The molecule has 0 saturated heterocycles. The van der Waals surface area contributed by atoms with Crippen molar-refractivity contribution in [3.8, 4) is 11.5 Å². The van der Waals surface area contributed by atoms with Gasteiger partial charge in [0.05, 0.1) is 18.8 Å². The number of para-hydroxylation sites is 1. The van der Waals surface area contributed by atoms with Crippen LogP contribution < -0.4 is 20.5 Å². The highest BCUT2D eigenvalue weighted by Crippen LogP contribution is 2.34. The number of methoxy groups -OCH3 is 1. The lowest BCUT2D eigenvalue weighted by Crippen LogP contribution is -2.25. The highest BCUT2D eigenvalue weighted by molar-refractivity contribution is 5.95. The van der Waals surface area contributed by atoms with Crippen molar-refractivity contribution < 1.29 is 14.3 Å². The van der Waals surface area contributed by atoms with Crippen molar-refractivity contribution in [1.29, 1.82) is 0 Å². The smallest absolute Gasteiger partial charge is 0.262 e. The number of nitrogens with one attached hydrogen (secondary N) is 1. The number of anilines is 1. The van der Waals surface area contributed by atoms with E-state index in [0.29, 0.717) is 11.4 Å². The zero-order chi connectivity index (χ0) is 14.8. The molecule has 1 atom stereocenters. The molecule has 108 valence electrons. The molecular formula is C16H16N2O3. The summed E-state index contributed by atoms with van der Waals surface area (Å²) >= 11 is 0. The Balaban J connectivity index is 1.96. The number of carbonyl (C=O) groups is 1. The van der Waals surface area contributed by atoms with Gasteiger partial charge >= 0.3 is 0 Å². The monoisotopic (exact) mass is 284 g/mol. The number of hydrogen-bond acceptors (Lipinski definition) is 4. The third-order valence-electron chi connectivity index (χ3n) is 3.47. The first kappa shape index (κ1) is 13.5. The largest absolute Gasteiger partial charge is 0.496 e. The van der Waals surface area contributed by atoms with Crippen molar-refractivity contribution in [3.63, 3.8) is 0 Å². The van der Waals surface area contributed by atoms with Crippen LogP contribution in [0.4, 0.5) is 5.69 Å². The Morgan fingerprint density at radius 2 is 2.10 bits per heavy atom. The van der Waals surface area contributed by atoms with Gasteiger partial charge in [0, 0.05) is 5.56 Å². The summed E-state index contributed by atoms with van der Waals surface area (Å²) in [5, 5.41) is 2.78. The molecule has 1 aliphatic heterocycles. The molecule has 2 aromatic carbocycles. The highest BCUT2D eigenvalue weighted by Gasteiger charge is 2.19. The number of rotatable bonds is 3. The third-order valence-corrected chi connectivity index (χ3v) is 3.47. The molecule has 3 rings (SSSR count). The molecule has 0 aliphatic carbocycles. The number of benzene rings is 2. The van der Waals surface area contributed by atoms with Gasteiger partial charge in [-0.3, -0.25) is 4.79 Å². The van der Waals surface area contributed by atoms with Gasteiger partial charge in [0.25, 0.3) is 5.91 Å². The first-order chi connectivity index (χ1) is 10.2. The molecule has 1 unspecified atom stereocenters. The van der Waals surface area contributed by atoms with Crippen molar-refractivity contribution >= 4 is 11.6 Å². The van der Waals surface area contributed by atoms with Crippen molar-refractivity contribution in [2.45, 2.75) is 6.04 Å². The fourth-order valence-corrected chi connectivity index (χ4v) is 2.40. The molecule has 3 N–H and O–H groups in total. The lowest BCUT2D eigenvalue weighted by atomic mass is 9.98. The van der Waals surface area contributed by atoms with Crippen LogP contribution in [0, 0.1) is 0 Å². The molecule has 2 aromatic rings. The highest BCUT2D eigenvalue weighted by atomic mass is 16.5. The Bertz CT molecular complexity index is 685. The van der Waals surface area contributed by atoms with Gasteiger partial charge in [0.2, 0.25) is 0 Å². The van der Waals surface area contributed by atoms with Gasteiger partial charge in [-0.2, -0.15) is 0 Å². The van der Waals surface area contributed by atoms with E-state index in [1.165, 1.54) is 0 Å². The van der Waals surface area contributed by atoms with Crippen molar-refractivity contribution in [2.24, 2.45) is 5.73 Å². The van der Waals surface area contributed by atoms with E-state index in [-0.39, 0.29) is 18.6 Å². The van der Waals surface area contributed by atoms with E-state index in [2.05, 4.69) is 5.32 Å². The molecule has 0 fully saturated rings. The van der Waals surface area contributed by atoms with Gasteiger partial charge in [-0.25, -0.2) is 0 Å². The summed E-state index contributed by atoms with van der Waals surface area (Å²) in [5.74, 6) is 1.24. The SMILES string of the molecule is COc1ccccc1C(N)c1ccc2c(c1)NC(=O)CO2. The van der Waals surface area contributed by atoms with E-state index in [9.17, 15) is 4.79 Å². The van der Waals surface area contributed by atoms with E-state index < -0.39 is 0 Å². The average Bonchev–Trinajstić information content (AvgIpc) is 2.53. The summed E-state index contributed by atoms with van der Waals surface area (Å²) in [7, 11) is 1.62. The minimum atomic E-state index is -0.342. The van der Waals surface area contributed by atoms with Gasteiger partial charge in [0.15, 0.2) is 6.61 Å². The Morgan fingerprint density at radius 3 is 2.90 bits per heavy atom. The van der Waals surface area contributed by atoms with E-state index in [1.807, 2.05) is 42.5 Å². The van der Waals surface area contributed by atoms with Crippen LogP contribution in [0.3, 0.4) is 0 Å². The third kappa shape index (κ3) is 2.55. The second-order valence-corrected chi connectivity index (χ2v) is 4.81. The van der Waals surface area contributed by atoms with E-state index in [0.717, 1.165) is 16.9 Å². The molecule has 1 heterocycles. The van der Waals surface area contributed by atoms with Gasteiger partial charge in [-0.15, -0.1) is 0 Å². The molecule has 0 radical (unpaired) electrons. The molecule has 0 aromatic heterocycles. The maximum atomic E-state index is 11.4. The van der Waals surface area contributed by atoms with E-state index in [1.54, 1.807) is 7.11 Å². The molecule has 21 heavy (non-hydrogen) atoms. The predicted octanol–water partition coefficient (Wildman–Crippen LogP) is 2.07. The van der Waals surface area contributed by atoms with Gasteiger partial charge in [-0.05, 0) is 23.8 Å². The first-order valence-electron chi connectivity index (χ1n) is 6.64. The number of ether oxygens (including phenoxy) is 2. The number of carbonyl (C=O) groups excluding carboxylic acids is 1. The van der Waals surface area contributed by atoms with E-state index in [4.69, 9.17) is 15.2 Å². The minimum absolute atomic E-state index is 0.0465. The summed E-state index contributed by atoms with van der Waals surface area (Å²) in [4.78, 5) is 11.4. The molecule has 0 bridgehead atoms. The Hall–Kier alpha value is -2.53.